The lowest BCUT2D eigenvalue weighted by Crippen LogP contribution is -2.28. The molecule has 0 radical (unpaired) electrons. The van der Waals surface area contributed by atoms with E-state index in [2.05, 4.69) is 4.98 Å². The lowest BCUT2D eigenvalue weighted by Gasteiger charge is -2.15. The number of rotatable bonds is 4. The van der Waals surface area contributed by atoms with Gasteiger partial charge in [0.15, 0.2) is 14.9 Å². The van der Waals surface area contributed by atoms with Crippen LogP contribution in [0.25, 0.3) is 0 Å². The fourth-order valence-corrected chi connectivity index (χ4v) is 4.31. The molecule has 0 aromatic carbocycles. The van der Waals surface area contributed by atoms with Crippen molar-refractivity contribution in [2.45, 2.75) is 36.8 Å². The Morgan fingerprint density at radius 3 is 2.64 bits per heavy atom. The molecule has 2 saturated heterocycles. The fraction of sp³-hybridized carbons (Fsp3) is 0.600. The van der Waals surface area contributed by atoms with Crippen LogP contribution < -0.4 is 0 Å². The number of aromatic nitrogens is 1. The Morgan fingerprint density at radius 1 is 1.27 bits per heavy atom. The van der Waals surface area contributed by atoms with E-state index in [9.17, 15) is 13.2 Å². The highest BCUT2D eigenvalue weighted by atomic mass is 32.2. The molecule has 2 aliphatic heterocycles. The summed E-state index contributed by atoms with van der Waals surface area (Å²) in [6, 6.07) is 2.98. The van der Waals surface area contributed by atoms with Crippen LogP contribution in [0.5, 0.6) is 0 Å². The highest BCUT2D eigenvalue weighted by Crippen LogP contribution is 2.19. The molecule has 3 heterocycles. The van der Waals surface area contributed by atoms with Crippen LogP contribution in [0.2, 0.25) is 0 Å². The second-order valence-electron chi connectivity index (χ2n) is 5.80. The monoisotopic (exact) mass is 324 g/mol. The van der Waals surface area contributed by atoms with E-state index in [-0.39, 0.29) is 22.8 Å². The van der Waals surface area contributed by atoms with Gasteiger partial charge in [0.2, 0.25) is 0 Å². The van der Waals surface area contributed by atoms with Crippen molar-refractivity contribution in [3.8, 4) is 0 Å². The van der Waals surface area contributed by atoms with E-state index >= 15 is 0 Å². The first kappa shape index (κ1) is 15.4. The van der Waals surface area contributed by atoms with Gasteiger partial charge in [-0.1, -0.05) is 0 Å². The van der Waals surface area contributed by atoms with Gasteiger partial charge in [-0.3, -0.25) is 4.79 Å². The fourth-order valence-electron chi connectivity index (χ4n) is 2.90. The van der Waals surface area contributed by atoms with Crippen molar-refractivity contribution in [2.75, 3.05) is 25.4 Å². The van der Waals surface area contributed by atoms with Gasteiger partial charge in [-0.15, -0.1) is 0 Å². The number of nitrogens with zero attached hydrogens (tertiary/aromatic N) is 2. The zero-order valence-corrected chi connectivity index (χ0v) is 13.2. The van der Waals surface area contributed by atoms with Crippen LogP contribution in [0.3, 0.4) is 0 Å². The molecule has 3 rings (SSSR count). The summed E-state index contributed by atoms with van der Waals surface area (Å²) in [5, 5.41) is 0.0148. The molecule has 0 unspecified atom stereocenters. The molecule has 7 heteroatoms. The largest absolute Gasteiger partial charge is 0.377 e. The Kier molecular flexibility index (Phi) is 4.44. The van der Waals surface area contributed by atoms with E-state index in [1.807, 2.05) is 0 Å². The Labute approximate surface area is 130 Å². The molecule has 0 N–H and O–H groups in total. The van der Waals surface area contributed by atoms with Crippen molar-refractivity contribution in [2.24, 2.45) is 0 Å². The van der Waals surface area contributed by atoms with Crippen molar-refractivity contribution in [3.63, 3.8) is 0 Å². The molecule has 120 valence electrons. The predicted octanol–water partition coefficient (Wildman–Crippen LogP) is 1.27. The molecule has 2 fully saturated rings. The molecule has 1 aromatic heterocycles. The first-order chi connectivity index (χ1) is 10.6. The van der Waals surface area contributed by atoms with Crippen molar-refractivity contribution in [1.82, 2.24) is 9.88 Å². The number of hydrogen-bond donors (Lipinski definition) is 0. The van der Waals surface area contributed by atoms with E-state index < -0.39 is 9.84 Å². The second-order valence-corrected chi connectivity index (χ2v) is 7.78. The maximum absolute atomic E-state index is 12.3. The third-order valence-corrected chi connectivity index (χ3v) is 5.81. The van der Waals surface area contributed by atoms with Gasteiger partial charge in [-0.25, -0.2) is 13.4 Å². The van der Waals surface area contributed by atoms with E-state index in [1.54, 1.807) is 11.0 Å². The van der Waals surface area contributed by atoms with Crippen molar-refractivity contribution in [1.29, 1.82) is 0 Å². The first-order valence-electron chi connectivity index (χ1n) is 7.66. The van der Waals surface area contributed by atoms with Crippen LogP contribution in [0, 0.1) is 0 Å². The molecule has 6 nitrogen and oxygen atoms in total. The number of sulfone groups is 1. The van der Waals surface area contributed by atoms with Crippen molar-refractivity contribution in [3.05, 3.63) is 23.9 Å². The third-order valence-electron chi connectivity index (χ3n) is 4.12. The van der Waals surface area contributed by atoms with E-state index in [4.69, 9.17) is 4.74 Å². The van der Waals surface area contributed by atoms with Gasteiger partial charge in [-0.2, -0.15) is 0 Å². The summed E-state index contributed by atoms with van der Waals surface area (Å²) in [6.45, 7) is 2.15. The average molecular weight is 324 g/mol. The summed E-state index contributed by atoms with van der Waals surface area (Å²) in [5.41, 5.74) is 0.443. The van der Waals surface area contributed by atoms with E-state index in [0.717, 1.165) is 38.8 Å². The molecule has 0 bridgehead atoms. The maximum Gasteiger partial charge on any atom is 0.255 e. The Bertz CT molecular complexity index is 630. The molecular formula is C15H20N2O4S. The van der Waals surface area contributed by atoms with Gasteiger partial charge in [0.1, 0.15) is 0 Å². The molecular weight excluding hydrogens is 304 g/mol. The lowest BCUT2D eigenvalue weighted by molar-refractivity contribution is 0.0792. The summed E-state index contributed by atoms with van der Waals surface area (Å²) in [6.07, 6.45) is 4.84. The molecule has 0 aliphatic carbocycles. The number of pyridine rings is 1. The van der Waals surface area contributed by atoms with Crippen LogP contribution in [-0.4, -0.2) is 55.8 Å². The summed E-state index contributed by atoms with van der Waals surface area (Å²) in [5.74, 6) is -0.118. The molecule has 0 saturated carbocycles. The third kappa shape index (κ3) is 3.30. The highest BCUT2D eigenvalue weighted by molar-refractivity contribution is 7.91. The van der Waals surface area contributed by atoms with Crippen LogP contribution >= 0.6 is 0 Å². The highest BCUT2D eigenvalue weighted by Gasteiger charge is 2.26. The number of carbonyl (C=O) groups is 1. The zero-order chi connectivity index (χ0) is 15.6. The number of ether oxygens (including phenoxy) is 1. The molecule has 1 atom stereocenters. The SMILES string of the molecule is O=C(c1ccc(S(=O)(=O)C[C@@H]2CCCO2)nc1)N1CCCC1. The molecule has 22 heavy (non-hydrogen) atoms. The maximum atomic E-state index is 12.3. The minimum absolute atomic E-state index is 0.0148. The summed E-state index contributed by atoms with van der Waals surface area (Å²) in [7, 11) is -3.47. The van der Waals surface area contributed by atoms with Gasteiger partial charge in [0.25, 0.3) is 5.91 Å². The van der Waals surface area contributed by atoms with Gasteiger partial charge < -0.3 is 9.64 Å². The normalized spacial score (nSPS) is 22.2. The lowest BCUT2D eigenvalue weighted by atomic mass is 10.2. The smallest absolute Gasteiger partial charge is 0.255 e. The number of hydrogen-bond acceptors (Lipinski definition) is 5. The molecule has 2 aliphatic rings. The van der Waals surface area contributed by atoms with Gasteiger partial charge in [0.05, 0.1) is 17.4 Å². The number of carbonyl (C=O) groups excluding carboxylic acids is 1. The van der Waals surface area contributed by atoms with Gasteiger partial charge in [-0.05, 0) is 37.8 Å². The Morgan fingerprint density at radius 2 is 2.05 bits per heavy atom. The topological polar surface area (TPSA) is 76.6 Å². The molecule has 1 amide bonds. The van der Waals surface area contributed by atoms with Crippen LogP contribution in [-0.2, 0) is 14.6 Å². The summed E-state index contributed by atoms with van der Waals surface area (Å²) < 4.78 is 29.9. The predicted molar refractivity (Wildman–Crippen MR) is 80.4 cm³/mol. The van der Waals surface area contributed by atoms with E-state index in [1.165, 1.54) is 12.3 Å². The quantitative estimate of drug-likeness (QED) is 0.833. The minimum atomic E-state index is -3.47. The van der Waals surface area contributed by atoms with E-state index in [0.29, 0.717) is 12.2 Å². The molecule has 0 spiro atoms. The van der Waals surface area contributed by atoms with Crippen molar-refractivity contribution < 1.29 is 17.9 Å². The summed E-state index contributed by atoms with van der Waals surface area (Å²) in [4.78, 5) is 18.0. The number of likely N-dealkylation sites (tertiary alicyclic amines) is 1. The van der Waals surface area contributed by atoms with Crippen LogP contribution in [0.4, 0.5) is 0 Å². The van der Waals surface area contributed by atoms with Gasteiger partial charge in [0, 0.05) is 25.9 Å². The standard InChI is InChI=1S/C15H20N2O4S/c18-15(17-7-1-2-8-17)12-5-6-14(16-10-12)22(19,20)11-13-4-3-9-21-13/h5-6,10,13H,1-4,7-9,11H2/t13-/m0/s1. The summed E-state index contributed by atoms with van der Waals surface area (Å²) >= 11 is 0. The number of amides is 1. The Hall–Kier alpha value is -1.47. The molecule has 1 aromatic rings. The van der Waals surface area contributed by atoms with Crippen LogP contribution in [0.1, 0.15) is 36.0 Å². The Balaban J connectivity index is 1.71. The van der Waals surface area contributed by atoms with Crippen molar-refractivity contribution >= 4 is 15.7 Å². The average Bonchev–Trinajstić information content (AvgIpc) is 3.19. The second kappa shape index (κ2) is 6.34. The van der Waals surface area contributed by atoms with Crippen LogP contribution in [0.15, 0.2) is 23.4 Å². The minimum Gasteiger partial charge on any atom is -0.377 e. The first-order valence-corrected chi connectivity index (χ1v) is 9.31. The zero-order valence-electron chi connectivity index (χ0n) is 12.4. The van der Waals surface area contributed by atoms with Gasteiger partial charge >= 0.3 is 0 Å².